The lowest BCUT2D eigenvalue weighted by molar-refractivity contribution is -0.274. The number of alkyl halides is 3. The smallest absolute Gasteiger partial charge is 0.490 e. The first-order valence-electron chi connectivity index (χ1n) is 7.72. The lowest BCUT2D eigenvalue weighted by Gasteiger charge is -2.18. The average molecular weight is 365 g/mol. The fourth-order valence-corrected chi connectivity index (χ4v) is 2.21. The first-order valence-corrected chi connectivity index (χ1v) is 7.72. The molecule has 0 radical (unpaired) electrons. The summed E-state index contributed by atoms with van der Waals surface area (Å²) in [6.07, 6.45) is -3.10. The van der Waals surface area contributed by atoms with Crippen molar-refractivity contribution in [2.24, 2.45) is 0 Å². The lowest BCUT2D eigenvalue weighted by atomic mass is 10.1. The van der Waals surface area contributed by atoms with Gasteiger partial charge in [-0.1, -0.05) is 24.8 Å². The number of ether oxygens (including phenoxy) is 2. The van der Waals surface area contributed by atoms with Gasteiger partial charge in [0.05, 0.1) is 0 Å². The Morgan fingerprint density at radius 2 is 1.65 bits per heavy atom. The third kappa shape index (κ3) is 5.84. The quantitative estimate of drug-likeness (QED) is 0.682. The highest BCUT2D eigenvalue weighted by Gasteiger charge is 2.30. The predicted octanol–water partition coefficient (Wildman–Crippen LogP) is 4.42. The molecule has 2 aromatic rings. The van der Waals surface area contributed by atoms with Gasteiger partial charge in [-0.3, -0.25) is 4.79 Å². The van der Waals surface area contributed by atoms with E-state index in [9.17, 15) is 18.0 Å². The first-order chi connectivity index (χ1) is 12.3. The van der Waals surface area contributed by atoms with Crippen molar-refractivity contribution in [3.8, 4) is 11.5 Å². The molecular formula is C19H18F3NO3. The molecule has 1 amide bonds. The van der Waals surface area contributed by atoms with Crippen LogP contribution in [0.2, 0.25) is 0 Å². The van der Waals surface area contributed by atoms with E-state index in [2.05, 4.69) is 11.3 Å². The molecule has 4 nitrogen and oxygen atoms in total. The monoisotopic (exact) mass is 365 g/mol. The topological polar surface area (TPSA) is 38.8 Å². The number of hydrogen-bond acceptors (Lipinski definition) is 3. The molecule has 0 heterocycles. The van der Waals surface area contributed by atoms with Crippen molar-refractivity contribution in [3.05, 3.63) is 72.3 Å². The Kier molecular flexibility index (Phi) is 6.27. The Labute approximate surface area is 149 Å². The Balaban J connectivity index is 1.97. The number of benzene rings is 2. The normalized spacial score (nSPS) is 10.9. The molecule has 0 spiro atoms. The van der Waals surface area contributed by atoms with Crippen molar-refractivity contribution in [2.75, 3.05) is 13.7 Å². The maximum atomic E-state index is 12.4. The molecule has 0 aliphatic rings. The fraction of sp³-hybridized carbons (Fsp3) is 0.211. The molecule has 0 saturated heterocycles. The lowest BCUT2D eigenvalue weighted by Crippen LogP contribution is -2.26. The zero-order valence-electron chi connectivity index (χ0n) is 14.1. The zero-order chi connectivity index (χ0) is 19.2. The van der Waals surface area contributed by atoms with Crippen LogP contribution < -0.4 is 9.47 Å². The Hall–Kier alpha value is -2.96. The van der Waals surface area contributed by atoms with Crippen molar-refractivity contribution in [3.63, 3.8) is 0 Å². The number of carbonyl (C=O) groups excluding carboxylic acids is 1. The van der Waals surface area contributed by atoms with E-state index in [4.69, 9.17) is 4.74 Å². The summed E-state index contributed by atoms with van der Waals surface area (Å²) in [5.74, 6) is 0.116. The van der Waals surface area contributed by atoms with Gasteiger partial charge in [0.25, 0.3) is 5.91 Å². The van der Waals surface area contributed by atoms with Crippen LogP contribution >= 0.6 is 0 Å². The highest BCUT2D eigenvalue weighted by molar-refractivity contribution is 5.94. The molecule has 7 heteroatoms. The van der Waals surface area contributed by atoms with Crippen LogP contribution in [0.25, 0.3) is 0 Å². The van der Waals surface area contributed by atoms with Crippen LogP contribution in [0.5, 0.6) is 11.5 Å². The van der Waals surface area contributed by atoms with E-state index in [0.29, 0.717) is 23.5 Å². The maximum Gasteiger partial charge on any atom is 0.573 e. The second-order valence-electron chi connectivity index (χ2n) is 5.48. The molecule has 138 valence electrons. The van der Waals surface area contributed by atoms with Crippen LogP contribution in [0.3, 0.4) is 0 Å². The predicted molar refractivity (Wildman–Crippen MR) is 91.1 cm³/mol. The van der Waals surface area contributed by atoms with Gasteiger partial charge in [0.2, 0.25) is 0 Å². The molecule has 26 heavy (non-hydrogen) atoms. The summed E-state index contributed by atoms with van der Waals surface area (Å²) in [6.45, 7) is 4.18. The van der Waals surface area contributed by atoms with Crippen molar-refractivity contribution >= 4 is 5.91 Å². The van der Waals surface area contributed by atoms with E-state index in [1.54, 1.807) is 37.4 Å². The van der Waals surface area contributed by atoms with Gasteiger partial charge in [0.1, 0.15) is 18.1 Å². The van der Waals surface area contributed by atoms with Crippen molar-refractivity contribution in [1.29, 1.82) is 0 Å². The number of nitrogens with zero attached hydrogens (tertiary/aromatic N) is 1. The third-order valence-corrected chi connectivity index (χ3v) is 3.39. The molecule has 0 atom stereocenters. The fourth-order valence-electron chi connectivity index (χ4n) is 2.21. The van der Waals surface area contributed by atoms with E-state index in [1.165, 1.54) is 29.2 Å². The highest BCUT2D eigenvalue weighted by atomic mass is 19.4. The molecule has 2 rings (SSSR count). The van der Waals surface area contributed by atoms with Crippen molar-refractivity contribution < 1.29 is 27.4 Å². The maximum absolute atomic E-state index is 12.4. The van der Waals surface area contributed by atoms with Gasteiger partial charge in [-0.25, -0.2) is 0 Å². The number of carbonyl (C=O) groups is 1. The second kappa shape index (κ2) is 8.42. The summed E-state index contributed by atoms with van der Waals surface area (Å²) < 4.78 is 45.6. The van der Waals surface area contributed by atoms with Gasteiger partial charge < -0.3 is 14.4 Å². The summed E-state index contributed by atoms with van der Waals surface area (Å²) in [5, 5.41) is 0. The van der Waals surface area contributed by atoms with Crippen LogP contribution in [-0.4, -0.2) is 30.8 Å². The molecular weight excluding hydrogens is 347 g/mol. The van der Waals surface area contributed by atoms with E-state index >= 15 is 0 Å². The van der Waals surface area contributed by atoms with Crippen molar-refractivity contribution in [2.45, 2.75) is 12.9 Å². The molecule has 0 fully saturated rings. The number of halogens is 3. The SMILES string of the molecule is C=CCOc1ccc(C(=O)N(C)Cc2ccc(OC(F)(F)F)cc2)cc1. The number of rotatable bonds is 7. The minimum atomic E-state index is -4.73. The van der Waals surface area contributed by atoms with Gasteiger partial charge >= 0.3 is 6.36 Å². The minimum Gasteiger partial charge on any atom is -0.490 e. The summed E-state index contributed by atoms with van der Waals surface area (Å²) in [4.78, 5) is 13.9. The largest absolute Gasteiger partial charge is 0.573 e. The number of hydrogen-bond donors (Lipinski definition) is 0. The van der Waals surface area contributed by atoms with E-state index in [1.807, 2.05) is 0 Å². The summed E-state index contributed by atoms with van der Waals surface area (Å²) in [6, 6.07) is 12.1. The zero-order valence-corrected chi connectivity index (χ0v) is 14.1. The molecule has 0 N–H and O–H groups in total. The van der Waals surface area contributed by atoms with Gasteiger partial charge in [0, 0.05) is 19.2 Å². The summed E-state index contributed by atoms with van der Waals surface area (Å²) >= 11 is 0. The van der Waals surface area contributed by atoms with Gasteiger partial charge in [0.15, 0.2) is 0 Å². The minimum absolute atomic E-state index is 0.212. The summed E-state index contributed by atoms with van der Waals surface area (Å²) in [5.41, 5.74) is 1.16. The summed E-state index contributed by atoms with van der Waals surface area (Å²) in [7, 11) is 1.62. The van der Waals surface area contributed by atoms with E-state index < -0.39 is 6.36 Å². The van der Waals surface area contributed by atoms with Crippen LogP contribution in [-0.2, 0) is 6.54 Å². The second-order valence-corrected chi connectivity index (χ2v) is 5.48. The van der Waals surface area contributed by atoms with Gasteiger partial charge in [-0.05, 0) is 42.0 Å². The van der Waals surface area contributed by atoms with Crippen molar-refractivity contribution in [1.82, 2.24) is 4.90 Å². The Morgan fingerprint density at radius 1 is 1.08 bits per heavy atom. The Morgan fingerprint density at radius 3 is 2.19 bits per heavy atom. The Bertz CT molecular complexity index is 740. The molecule has 0 unspecified atom stereocenters. The first kappa shape index (κ1) is 19.4. The van der Waals surface area contributed by atoms with Gasteiger partial charge in [-0.15, -0.1) is 13.2 Å². The molecule has 0 aromatic heterocycles. The molecule has 0 aliphatic carbocycles. The molecule has 0 saturated carbocycles. The highest BCUT2D eigenvalue weighted by Crippen LogP contribution is 2.23. The van der Waals surface area contributed by atoms with E-state index in [0.717, 1.165) is 0 Å². The average Bonchev–Trinajstić information content (AvgIpc) is 2.60. The molecule has 0 aliphatic heterocycles. The van der Waals surface area contributed by atoms with Crippen LogP contribution in [0.15, 0.2) is 61.2 Å². The molecule has 0 bridgehead atoms. The number of amides is 1. The third-order valence-electron chi connectivity index (χ3n) is 3.39. The standard InChI is InChI=1S/C19H18F3NO3/c1-3-12-25-16-10-6-15(7-11-16)18(24)23(2)13-14-4-8-17(9-5-14)26-19(20,21)22/h3-11H,1,12-13H2,2H3. The van der Waals surface area contributed by atoms with Crippen LogP contribution in [0.4, 0.5) is 13.2 Å². The van der Waals surface area contributed by atoms with E-state index in [-0.39, 0.29) is 18.2 Å². The van der Waals surface area contributed by atoms with Crippen LogP contribution in [0.1, 0.15) is 15.9 Å². The molecule has 2 aromatic carbocycles. The van der Waals surface area contributed by atoms with Crippen LogP contribution in [0, 0.1) is 0 Å². The van der Waals surface area contributed by atoms with Gasteiger partial charge in [-0.2, -0.15) is 0 Å².